The van der Waals surface area contributed by atoms with Gasteiger partial charge in [-0.1, -0.05) is 17.7 Å². The van der Waals surface area contributed by atoms with Crippen molar-refractivity contribution >= 4 is 40.2 Å². The monoisotopic (exact) mass is 492 g/mol. The molecule has 1 N–H and O–H groups in total. The van der Waals surface area contributed by atoms with Crippen molar-refractivity contribution in [3.05, 3.63) is 75.9 Å². The Morgan fingerprint density at radius 3 is 2.54 bits per heavy atom. The molecule has 0 unspecified atom stereocenters. The minimum Gasteiger partial charge on any atom is -0.467 e. The first kappa shape index (κ1) is 24.2. The molecule has 180 valence electrons. The van der Waals surface area contributed by atoms with Crippen molar-refractivity contribution in [3.8, 4) is 11.6 Å². The van der Waals surface area contributed by atoms with E-state index >= 15 is 0 Å². The maximum atomic E-state index is 12.4. The minimum atomic E-state index is -0.409. The number of nitrogens with zero attached hydrogens (tertiary/aromatic N) is 3. The first-order valence-corrected chi connectivity index (χ1v) is 11.5. The first-order chi connectivity index (χ1) is 16.8. The molecule has 0 aliphatic carbocycles. The third-order valence-corrected chi connectivity index (χ3v) is 5.89. The fourth-order valence-electron chi connectivity index (χ4n) is 3.78. The molecule has 0 saturated carbocycles. The van der Waals surface area contributed by atoms with Crippen LogP contribution in [0.25, 0.3) is 16.7 Å². The predicted octanol–water partition coefficient (Wildman–Crippen LogP) is 5.19. The molecule has 9 heteroatoms. The number of anilines is 1. The second-order valence-corrected chi connectivity index (χ2v) is 8.40. The molecule has 0 aliphatic rings. The van der Waals surface area contributed by atoms with Gasteiger partial charge in [0, 0.05) is 22.2 Å². The normalized spacial score (nSPS) is 10.9. The molecule has 2 aromatic carbocycles. The number of hydrogen-bond acceptors (Lipinski definition) is 6. The number of nitrogens with one attached hydrogen (secondary N) is 1. The zero-order valence-corrected chi connectivity index (χ0v) is 20.6. The molecule has 0 fully saturated rings. The summed E-state index contributed by atoms with van der Waals surface area (Å²) in [5.74, 6) is -0.458. The van der Waals surface area contributed by atoms with Gasteiger partial charge in [-0.15, -0.1) is 0 Å². The Morgan fingerprint density at radius 1 is 1.09 bits per heavy atom. The lowest BCUT2D eigenvalue weighted by atomic mass is 10.1. The third-order valence-electron chi connectivity index (χ3n) is 5.48. The lowest BCUT2D eigenvalue weighted by Gasteiger charge is -2.11. The number of benzene rings is 2. The molecule has 0 spiro atoms. The van der Waals surface area contributed by atoms with Crippen LogP contribution in [-0.4, -0.2) is 39.9 Å². The Hall–Kier alpha value is -3.91. The van der Waals surface area contributed by atoms with Crippen molar-refractivity contribution in [2.24, 2.45) is 0 Å². The number of ether oxygens (including phenoxy) is 2. The molecule has 35 heavy (non-hydrogen) atoms. The Balaban J connectivity index is 1.51. The van der Waals surface area contributed by atoms with Crippen LogP contribution in [0.5, 0.6) is 5.88 Å². The fourth-order valence-corrected chi connectivity index (χ4v) is 3.95. The molecular weight excluding hydrogens is 468 g/mol. The lowest BCUT2D eigenvalue weighted by molar-refractivity contribution is -0.118. The van der Waals surface area contributed by atoms with Crippen molar-refractivity contribution in [3.63, 3.8) is 0 Å². The van der Waals surface area contributed by atoms with Crippen molar-refractivity contribution in [1.29, 1.82) is 0 Å². The standard InChI is InChI=1S/C26H25ClN4O4/c1-5-34-26(33)18-9-11-19(12-10-18)28-22(32)14-35-23-13-15(2)24-17(4)30-31(25(24)29-23)21-8-6-7-20(27)16(21)3/h6-13H,5,14H2,1-4H3,(H,28,32). The van der Waals surface area contributed by atoms with Crippen molar-refractivity contribution < 1.29 is 19.1 Å². The van der Waals surface area contributed by atoms with Crippen LogP contribution >= 0.6 is 11.6 Å². The van der Waals surface area contributed by atoms with Crippen molar-refractivity contribution in [1.82, 2.24) is 14.8 Å². The molecule has 0 atom stereocenters. The number of fused-ring (bicyclic) bond motifs is 1. The van der Waals surface area contributed by atoms with E-state index in [1.54, 1.807) is 41.9 Å². The molecule has 0 radical (unpaired) electrons. The summed E-state index contributed by atoms with van der Waals surface area (Å²) in [5, 5.41) is 8.97. The highest BCUT2D eigenvalue weighted by Crippen LogP contribution is 2.29. The van der Waals surface area contributed by atoms with E-state index in [1.807, 2.05) is 39.0 Å². The van der Waals surface area contributed by atoms with Crippen LogP contribution in [0.15, 0.2) is 48.5 Å². The zero-order valence-electron chi connectivity index (χ0n) is 19.9. The number of amides is 1. The first-order valence-electron chi connectivity index (χ1n) is 11.1. The summed E-state index contributed by atoms with van der Waals surface area (Å²) < 4.78 is 12.4. The second kappa shape index (κ2) is 10.1. The maximum Gasteiger partial charge on any atom is 0.338 e. The molecule has 0 aliphatic heterocycles. The van der Waals surface area contributed by atoms with Gasteiger partial charge < -0.3 is 14.8 Å². The molecule has 2 aromatic heterocycles. The van der Waals surface area contributed by atoms with Gasteiger partial charge in [-0.3, -0.25) is 4.79 Å². The Bertz CT molecular complexity index is 1410. The van der Waals surface area contributed by atoms with Gasteiger partial charge >= 0.3 is 5.97 Å². The van der Waals surface area contributed by atoms with Crippen LogP contribution in [0.2, 0.25) is 5.02 Å². The largest absolute Gasteiger partial charge is 0.467 e. The zero-order chi connectivity index (χ0) is 25.1. The molecule has 0 saturated heterocycles. The molecular formula is C26H25ClN4O4. The third kappa shape index (κ3) is 5.12. The van der Waals surface area contributed by atoms with Gasteiger partial charge in [0.2, 0.25) is 5.88 Å². The summed E-state index contributed by atoms with van der Waals surface area (Å²) in [6.07, 6.45) is 0. The number of rotatable bonds is 7. The van der Waals surface area contributed by atoms with Gasteiger partial charge in [-0.25, -0.2) is 9.48 Å². The van der Waals surface area contributed by atoms with E-state index in [9.17, 15) is 9.59 Å². The topological polar surface area (TPSA) is 95.3 Å². The summed E-state index contributed by atoms with van der Waals surface area (Å²) in [7, 11) is 0. The van der Waals surface area contributed by atoms with E-state index in [-0.39, 0.29) is 12.5 Å². The highest BCUT2D eigenvalue weighted by molar-refractivity contribution is 6.31. The van der Waals surface area contributed by atoms with Gasteiger partial charge in [-0.2, -0.15) is 10.1 Å². The predicted molar refractivity (Wildman–Crippen MR) is 135 cm³/mol. The Kier molecular flexibility index (Phi) is 7.02. The molecule has 8 nitrogen and oxygen atoms in total. The fraction of sp³-hybridized carbons (Fsp3) is 0.231. The summed E-state index contributed by atoms with van der Waals surface area (Å²) >= 11 is 6.32. The van der Waals surface area contributed by atoms with Gasteiger partial charge in [0.15, 0.2) is 12.3 Å². The number of aryl methyl sites for hydroxylation is 2. The van der Waals surface area contributed by atoms with Crippen molar-refractivity contribution in [2.45, 2.75) is 27.7 Å². The molecule has 4 rings (SSSR count). The summed E-state index contributed by atoms with van der Waals surface area (Å²) in [4.78, 5) is 28.8. The van der Waals surface area contributed by atoms with E-state index < -0.39 is 5.97 Å². The number of esters is 1. The summed E-state index contributed by atoms with van der Waals surface area (Å²) in [6, 6.07) is 13.9. The SMILES string of the molecule is CCOC(=O)c1ccc(NC(=O)COc2cc(C)c3c(C)nn(-c4cccc(Cl)c4C)c3n2)cc1. The Labute approximate surface area is 207 Å². The van der Waals surface area contributed by atoms with Crippen LogP contribution < -0.4 is 10.1 Å². The highest BCUT2D eigenvalue weighted by Gasteiger charge is 2.17. The smallest absolute Gasteiger partial charge is 0.338 e. The number of carbonyl (C=O) groups excluding carboxylic acids is 2. The van der Waals surface area contributed by atoms with Crippen LogP contribution in [0.3, 0.4) is 0 Å². The van der Waals surface area contributed by atoms with E-state index in [4.69, 9.17) is 21.1 Å². The quantitative estimate of drug-likeness (QED) is 0.356. The van der Waals surface area contributed by atoms with Crippen LogP contribution in [0, 0.1) is 20.8 Å². The number of aromatic nitrogens is 3. The Morgan fingerprint density at radius 2 is 1.83 bits per heavy atom. The van der Waals surface area contributed by atoms with Crippen molar-refractivity contribution in [2.75, 3.05) is 18.5 Å². The molecule has 2 heterocycles. The lowest BCUT2D eigenvalue weighted by Crippen LogP contribution is -2.20. The number of carbonyl (C=O) groups is 2. The van der Waals surface area contributed by atoms with E-state index in [0.29, 0.717) is 34.4 Å². The molecule has 0 bridgehead atoms. The maximum absolute atomic E-state index is 12.4. The van der Waals surface area contributed by atoms with Gasteiger partial charge in [0.25, 0.3) is 5.91 Å². The van der Waals surface area contributed by atoms with Crippen LogP contribution in [0.4, 0.5) is 5.69 Å². The highest BCUT2D eigenvalue weighted by atomic mass is 35.5. The second-order valence-electron chi connectivity index (χ2n) is 7.99. The number of halogens is 1. The van der Waals surface area contributed by atoms with Gasteiger partial charge in [-0.05, 0) is 75.2 Å². The number of pyridine rings is 1. The average Bonchev–Trinajstić information content (AvgIpc) is 3.16. The molecule has 1 amide bonds. The van der Waals surface area contributed by atoms with E-state index in [0.717, 1.165) is 27.9 Å². The van der Waals surface area contributed by atoms with Gasteiger partial charge in [0.05, 0.1) is 23.6 Å². The average molecular weight is 493 g/mol. The minimum absolute atomic E-state index is 0.235. The van der Waals surface area contributed by atoms with Crippen LogP contribution in [0.1, 0.15) is 34.1 Å². The molecule has 4 aromatic rings. The van der Waals surface area contributed by atoms with E-state index in [2.05, 4.69) is 15.4 Å². The summed E-state index contributed by atoms with van der Waals surface area (Å²) in [6.45, 7) is 7.61. The van der Waals surface area contributed by atoms with Crippen LogP contribution in [-0.2, 0) is 9.53 Å². The number of hydrogen-bond donors (Lipinski definition) is 1. The van der Waals surface area contributed by atoms with E-state index in [1.165, 1.54) is 0 Å². The summed E-state index contributed by atoms with van der Waals surface area (Å²) in [5.41, 5.74) is 5.05. The van der Waals surface area contributed by atoms with Gasteiger partial charge in [0.1, 0.15) is 0 Å².